The van der Waals surface area contributed by atoms with Crippen molar-refractivity contribution in [3.05, 3.63) is 106 Å². The molecule has 3 atom stereocenters. The van der Waals surface area contributed by atoms with Gasteiger partial charge in [0, 0.05) is 12.1 Å². The van der Waals surface area contributed by atoms with Crippen molar-refractivity contribution in [1.82, 2.24) is 4.90 Å². The molecule has 32 heavy (non-hydrogen) atoms. The number of non-ortho nitro benzene ring substituents is 1. The van der Waals surface area contributed by atoms with Crippen LogP contribution in [0.5, 0.6) is 0 Å². The van der Waals surface area contributed by atoms with Crippen LogP contribution in [0.15, 0.2) is 84.9 Å². The molecule has 8 nitrogen and oxygen atoms in total. The van der Waals surface area contributed by atoms with Crippen molar-refractivity contribution >= 4 is 23.2 Å². The first-order valence-corrected chi connectivity index (χ1v) is 10.2. The number of hydroxylamine groups is 1. The lowest BCUT2D eigenvalue weighted by Crippen LogP contribution is -2.36. The molecule has 0 aromatic heterocycles. The summed E-state index contributed by atoms with van der Waals surface area (Å²) >= 11 is 0. The van der Waals surface area contributed by atoms with Gasteiger partial charge in [-0.25, -0.2) is 5.06 Å². The van der Waals surface area contributed by atoms with Crippen LogP contribution in [0, 0.1) is 16.0 Å². The number of nitrogens with zero attached hydrogens (tertiary/aromatic N) is 3. The largest absolute Gasteiger partial charge is 0.275 e. The van der Waals surface area contributed by atoms with E-state index in [9.17, 15) is 19.7 Å². The molecule has 3 aromatic rings. The molecule has 2 fully saturated rings. The number of hydrogen-bond acceptors (Lipinski definition) is 6. The Hall–Kier alpha value is -4.04. The topological polar surface area (TPSA) is 93.0 Å². The van der Waals surface area contributed by atoms with Crippen molar-refractivity contribution in [2.24, 2.45) is 5.92 Å². The zero-order valence-electron chi connectivity index (χ0n) is 16.9. The minimum atomic E-state index is -0.990. The van der Waals surface area contributed by atoms with Gasteiger partial charge >= 0.3 is 0 Å². The Labute approximate surface area is 183 Å². The third-order valence-corrected chi connectivity index (χ3v) is 5.82. The highest BCUT2D eigenvalue weighted by Crippen LogP contribution is 2.47. The van der Waals surface area contributed by atoms with Crippen LogP contribution in [0.4, 0.5) is 11.4 Å². The highest BCUT2D eigenvalue weighted by molar-refractivity contribution is 6.07. The summed E-state index contributed by atoms with van der Waals surface area (Å²) in [7, 11) is 0. The van der Waals surface area contributed by atoms with Crippen LogP contribution in [-0.4, -0.2) is 27.7 Å². The fraction of sp³-hybridized carbons (Fsp3) is 0.167. The lowest BCUT2D eigenvalue weighted by atomic mass is 9.90. The normalized spacial score (nSPS) is 22.3. The first-order chi connectivity index (χ1) is 15.5. The monoisotopic (exact) mass is 429 g/mol. The summed E-state index contributed by atoms with van der Waals surface area (Å²) in [4.78, 5) is 44.8. The van der Waals surface area contributed by atoms with E-state index >= 15 is 0 Å². The molecule has 0 unspecified atom stereocenters. The molecule has 5 rings (SSSR count). The molecule has 0 saturated carbocycles. The van der Waals surface area contributed by atoms with Gasteiger partial charge in [0.2, 0.25) is 5.91 Å². The number of rotatable bonds is 5. The minimum absolute atomic E-state index is 0.0862. The predicted molar refractivity (Wildman–Crippen MR) is 115 cm³/mol. The Balaban J connectivity index is 1.55. The number of fused-ring (bicyclic) bond motifs is 1. The zero-order chi connectivity index (χ0) is 22.2. The third kappa shape index (κ3) is 3.30. The molecule has 8 heteroatoms. The third-order valence-electron chi connectivity index (χ3n) is 5.82. The van der Waals surface area contributed by atoms with Gasteiger partial charge in [-0.15, -0.1) is 0 Å². The second-order valence-corrected chi connectivity index (χ2v) is 7.76. The number of likely N-dealkylation sites (tertiary alicyclic amines) is 1. The molecular weight excluding hydrogens is 410 g/mol. The van der Waals surface area contributed by atoms with Gasteiger partial charge < -0.3 is 0 Å². The van der Waals surface area contributed by atoms with Crippen molar-refractivity contribution in [3.63, 3.8) is 0 Å². The Morgan fingerprint density at radius 2 is 1.56 bits per heavy atom. The molecule has 160 valence electrons. The number of carbonyl (C=O) groups is 2. The van der Waals surface area contributed by atoms with E-state index in [-0.39, 0.29) is 18.1 Å². The highest BCUT2D eigenvalue weighted by Gasteiger charge is 2.59. The predicted octanol–water partition coefficient (Wildman–Crippen LogP) is 3.64. The van der Waals surface area contributed by atoms with Crippen LogP contribution in [-0.2, 0) is 21.0 Å². The number of nitro benzene ring substituents is 1. The Morgan fingerprint density at radius 1 is 0.875 bits per heavy atom. The summed E-state index contributed by atoms with van der Waals surface area (Å²) in [6, 6.07) is 23.8. The van der Waals surface area contributed by atoms with E-state index in [4.69, 9.17) is 4.84 Å². The van der Waals surface area contributed by atoms with E-state index in [1.54, 1.807) is 12.1 Å². The molecule has 0 radical (unpaired) electrons. The number of amides is 2. The van der Waals surface area contributed by atoms with Crippen LogP contribution in [0.3, 0.4) is 0 Å². The van der Waals surface area contributed by atoms with Gasteiger partial charge in [0.25, 0.3) is 11.6 Å². The second kappa shape index (κ2) is 7.90. The smallest absolute Gasteiger partial charge is 0.269 e. The van der Waals surface area contributed by atoms with Crippen molar-refractivity contribution in [2.45, 2.75) is 18.7 Å². The fourth-order valence-corrected chi connectivity index (χ4v) is 4.35. The molecule has 2 aliphatic rings. The molecule has 2 saturated heterocycles. The summed E-state index contributed by atoms with van der Waals surface area (Å²) < 4.78 is 0. The number of hydrogen-bond donors (Lipinski definition) is 0. The van der Waals surface area contributed by atoms with Crippen LogP contribution < -0.4 is 5.06 Å². The van der Waals surface area contributed by atoms with Gasteiger partial charge in [-0.1, -0.05) is 60.7 Å². The molecule has 2 aliphatic heterocycles. The fourth-order valence-electron chi connectivity index (χ4n) is 4.35. The Kier molecular flexibility index (Phi) is 4.91. The standard InChI is InChI=1S/C24H19N3O5/c28-23-20-21(17-10-7-13-19(14-17)27(30)31)26(18-11-5-2-6-12-18)32-22(20)24(29)25(23)15-16-8-3-1-4-9-16/h1-14,20-22H,15H2/t20-,21+,22+/m1/s1. The van der Waals surface area contributed by atoms with Crippen molar-refractivity contribution in [2.75, 3.05) is 5.06 Å². The number of carbonyl (C=O) groups excluding carboxylic acids is 2. The second-order valence-electron chi connectivity index (χ2n) is 7.76. The first-order valence-electron chi connectivity index (χ1n) is 10.2. The maximum atomic E-state index is 13.4. The van der Waals surface area contributed by atoms with E-state index in [0.717, 1.165) is 5.56 Å². The summed E-state index contributed by atoms with van der Waals surface area (Å²) in [5, 5.41) is 12.9. The molecule has 2 amide bonds. The van der Waals surface area contributed by atoms with E-state index in [0.29, 0.717) is 11.3 Å². The minimum Gasteiger partial charge on any atom is -0.275 e. The van der Waals surface area contributed by atoms with Crippen molar-refractivity contribution < 1.29 is 19.3 Å². The van der Waals surface area contributed by atoms with Crippen molar-refractivity contribution in [3.8, 4) is 0 Å². The molecule has 3 aromatic carbocycles. The van der Waals surface area contributed by atoms with E-state index in [1.165, 1.54) is 22.1 Å². The quantitative estimate of drug-likeness (QED) is 0.349. The number of imide groups is 1. The van der Waals surface area contributed by atoms with Crippen LogP contribution in [0.2, 0.25) is 0 Å². The molecule has 0 spiro atoms. The molecule has 0 aliphatic carbocycles. The van der Waals surface area contributed by atoms with Gasteiger partial charge in [-0.3, -0.25) is 29.4 Å². The summed E-state index contributed by atoms with van der Waals surface area (Å²) in [5.41, 5.74) is 1.95. The summed E-state index contributed by atoms with van der Waals surface area (Å²) in [6.07, 6.45) is -0.990. The maximum Gasteiger partial charge on any atom is 0.269 e. The highest BCUT2D eigenvalue weighted by atomic mass is 16.7. The van der Waals surface area contributed by atoms with Gasteiger partial charge in [-0.2, -0.15) is 0 Å². The lowest BCUT2D eigenvalue weighted by molar-refractivity contribution is -0.384. The number of anilines is 1. The number of nitro groups is 1. The van der Waals surface area contributed by atoms with Crippen molar-refractivity contribution in [1.29, 1.82) is 0 Å². The van der Waals surface area contributed by atoms with Gasteiger partial charge in [0.15, 0.2) is 6.10 Å². The average molecular weight is 429 g/mol. The van der Waals surface area contributed by atoms with Gasteiger partial charge in [0.05, 0.1) is 23.2 Å². The molecule has 0 N–H and O–H groups in total. The van der Waals surface area contributed by atoms with Crippen LogP contribution in [0.1, 0.15) is 17.2 Å². The molecule has 0 bridgehead atoms. The SMILES string of the molecule is O=C1[C@H]2[C@H](ON(c3ccccc3)[C@H]2c2cccc([N+](=O)[O-])c2)C(=O)N1Cc1ccccc1. The zero-order valence-corrected chi connectivity index (χ0v) is 16.9. The van der Waals surface area contributed by atoms with E-state index < -0.39 is 28.9 Å². The number of benzene rings is 3. The summed E-state index contributed by atoms with van der Waals surface area (Å²) in [5.74, 6) is -1.56. The van der Waals surface area contributed by atoms with Gasteiger partial charge in [-0.05, 0) is 23.3 Å². The van der Waals surface area contributed by atoms with E-state index in [2.05, 4.69) is 0 Å². The average Bonchev–Trinajstić information content (AvgIpc) is 3.32. The van der Waals surface area contributed by atoms with Gasteiger partial charge in [0.1, 0.15) is 5.92 Å². The Morgan fingerprint density at radius 3 is 2.25 bits per heavy atom. The lowest BCUT2D eigenvalue weighted by Gasteiger charge is -2.28. The molecule has 2 heterocycles. The van der Waals surface area contributed by atoms with Crippen LogP contribution in [0.25, 0.3) is 0 Å². The van der Waals surface area contributed by atoms with Crippen LogP contribution >= 0.6 is 0 Å². The maximum absolute atomic E-state index is 13.4. The summed E-state index contributed by atoms with van der Waals surface area (Å²) in [6.45, 7) is 0.155. The Bertz CT molecular complexity index is 1180. The van der Waals surface area contributed by atoms with E-state index in [1.807, 2.05) is 60.7 Å². The number of para-hydroxylation sites is 1. The first kappa shape index (κ1) is 19.9. The molecular formula is C24H19N3O5.